The molecule has 0 unspecified atom stereocenters. The van der Waals surface area contributed by atoms with Gasteiger partial charge in [0.05, 0.1) is 12.7 Å². The van der Waals surface area contributed by atoms with Gasteiger partial charge in [-0.15, -0.1) is 0 Å². The van der Waals surface area contributed by atoms with Gasteiger partial charge in [-0.1, -0.05) is 29.8 Å². The second-order valence-corrected chi connectivity index (χ2v) is 5.23. The van der Waals surface area contributed by atoms with Gasteiger partial charge in [0.2, 0.25) is 5.91 Å². The summed E-state index contributed by atoms with van der Waals surface area (Å²) in [6, 6.07) is 15.7. The molecule has 0 aliphatic heterocycles. The maximum Gasteiger partial charge on any atom is 0.231 e. The van der Waals surface area contributed by atoms with E-state index in [1.165, 1.54) is 0 Å². The van der Waals surface area contributed by atoms with E-state index in [4.69, 9.17) is 4.42 Å². The highest BCUT2D eigenvalue weighted by Crippen LogP contribution is 2.23. The first kappa shape index (κ1) is 13.4. The van der Waals surface area contributed by atoms with Crippen LogP contribution in [0.15, 0.2) is 59.2 Å². The predicted octanol–water partition coefficient (Wildman–Crippen LogP) is 3.95. The molecule has 0 bridgehead atoms. The van der Waals surface area contributed by atoms with E-state index in [1.807, 2.05) is 49.4 Å². The summed E-state index contributed by atoms with van der Waals surface area (Å²) in [5.41, 5.74) is 3.81. The number of carbonyl (C=O) groups is 1. The number of anilines is 1. The fourth-order valence-corrected chi connectivity index (χ4v) is 2.41. The van der Waals surface area contributed by atoms with Crippen LogP contribution in [0.5, 0.6) is 0 Å². The van der Waals surface area contributed by atoms with Gasteiger partial charge in [-0.3, -0.25) is 4.79 Å². The molecule has 3 heteroatoms. The molecule has 3 nitrogen and oxygen atoms in total. The maximum atomic E-state index is 12.4. The Bertz CT molecular complexity index is 774. The van der Waals surface area contributed by atoms with Gasteiger partial charge < -0.3 is 9.32 Å². The van der Waals surface area contributed by atoms with Crippen LogP contribution < -0.4 is 4.90 Å². The average Bonchev–Trinajstić information content (AvgIpc) is 2.89. The summed E-state index contributed by atoms with van der Waals surface area (Å²) >= 11 is 0. The van der Waals surface area contributed by atoms with E-state index in [-0.39, 0.29) is 5.91 Å². The molecule has 3 rings (SSSR count). The molecule has 106 valence electrons. The Morgan fingerprint density at radius 1 is 1.14 bits per heavy atom. The highest BCUT2D eigenvalue weighted by Gasteiger charge is 2.15. The van der Waals surface area contributed by atoms with Crippen LogP contribution in [0.3, 0.4) is 0 Å². The van der Waals surface area contributed by atoms with E-state index >= 15 is 0 Å². The molecule has 0 aliphatic carbocycles. The van der Waals surface area contributed by atoms with Gasteiger partial charge in [0.25, 0.3) is 0 Å². The minimum Gasteiger partial charge on any atom is -0.464 e. The number of fused-ring (bicyclic) bond motifs is 1. The van der Waals surface area contributed by atoms with Gasteiger partial charge in [-0.05, 0) is 31.2 Å². The normalized spacial score (nSPS) is 10.8. The molecule has 21 heavy (non-hydrogen) atoms. The zero-order chi connectivity index (χ0) is 14.8. The smallest absolute Gasteiger partial charge is 0.231 e. The number of amides is 1. The standard InChI is InChI=1S/C18H17NO2/c1-13-8-9-17-16(10-13)14(12-21-17)11-18(20)19(2)15-6-4-3-5-7-15/h3-10,12H,11H2,1-2H3. The molecule has 0 radical (unpaired) electrons. The third kappa shape index (κ3) is 2.68. The zero-order valence-corrected chi connectivity index (χ0v) is 12.2. The summed E-state index contributed by atoms with van der Waals surface area (Å²) in [5, 5.41) is 1.02. The number of carbonyl (C=O) groups excluding carboxylic acids is 1. The lowest BCUT2D eigenvalue weighted by atomic mass is 10.1. The lowest BCUT2D eigenvalue weighted by Gasteiger charge is -2.16. The fraction of sp³-hybridized carbons (Fsp3) is 0.167. The molecule has 0 spiro atoms. The Hall–Kier alpha value is -2.55. The van der Waals surface area contributed by atoms with Gasteiger partial charge in [0.1, 0.15) is 5.58 Å². The molecule has 0 atom stereocenters. The fourth-order valence-electron chi connectivity index (χ4n) is 2.41. The molecule has 2 aromatic carbocycles. The molecular weight excluding hydrogens is 262 g/mol. The molecule has 1 amide bonds. The number of benzene rings is 2. The van der Waals surface area contributed by atoms with Crippen molar-refractivity contribution in [1.29, 1.82) is 0 Å². The average molecular weight is 279 g/mol. The quantitative estimate of drug-likeness (QED) is 0.727. The van der Waals surface area contributed by atoms with Crippen molar-refractivity contribution in [2.45, 2.75) is 13.3 Å². The minimum absolute atomic E-state index is 0.0467. The third-order valence-corrected chi connectivity index (χ3v) is 3.67. The highest BCUT2D eigenvalue weighted by atomic mass is 16.3. The van der Waals surface area contributed by atoms with Crippen LogP contribution >= 0.6 is 0 Å². The number of nitrogens with zero attached hydrogens (tertiary/aromatic N) is 1. The minimum atomic E-state index is 0.0467. The van der Waals surface area contributed by atoms with Crippen molar-refractivity contribution >= 4 is 22.6 Å². The van der Waals surface area contributed by atoms with E-state index < -0.39 is 0 Å². The predicted molar refractivity (Wildman–Crippen MR) is 84.5 cm³/mol. The second kappa shape index (κ2) is 5.44. The highest BCUT2D eigenvalue weighted by molar-refractivity contribution is 5.96. The van der Waals surface area contributed by atoms with E-state index in [1.54, 1.807) is 18.2 Å². The van der Waals surface area contributed by atoms with Crippen molar-refractivity contribution < 1.29 is 9.21 Å². The van der Waals surface area contributed by atoms with Crippen LogP contribution in [0.25, 0.3) is 11.0 Å². The number of rotatable bonds is 3. The first-order chi connectivity index (χ1) is 10.1. The molecule has 0 fully saturated rings. The number of hydrogen-bond donors (Lipinski definition) is 0. The van der Waals surface area contributed by atoms with Crippen LogP contribution in [-0.4, -0.2) is 13.0 Å². The summed E-state index contributed by atoms with van der Waals surface area (Å²) in [7, 11) is 1.80. The van der Waals surface area contributed by atoms with E-state index in [0.717, 1.165) is 27.8 Å². The molecule has 3 aromatic rings. The van der Waals surface area contributed by atoms with Crippen molar-refractivity contribution in [3.05, 3.63) is 65.9 Å². The Balaban J connectivity index is 1.85. The number of likely N-dealkylation sites (N-methyl/N-ethyl adjacent to an activating group) is 1. The molecule has 0 aliphatic rings. The second-order valence-electron chi connectivity index (χ2n) is 5.23. The van der Waals surface area contributed by atoms with Crippen LogP contribution in [0.2, 0.25) is 0 Å². The van der Waals surface area contributed by atoms with Crippen molar-refractivity contribution in [2.75, 3.05) is 11.9 Å². The number of hydrogen-bond acceptors (Lipinski definition) is 2. The monoisotopic (exact) mass is 279 g/mol. The Kier molecular flexibility index (Phi) is 3.48. The number of para-hydroxylation sites is 1. The molecule has 1 heterocycles. The SMILES string of the molecule is Cc1ccc2occ(CC(=O)N(C)c3ccccc3)c2c1. The van der Waals surface area contributed by atoms with E-state index in [2.05, 4.69) is 6.07 Å². The molecule has 0 saturated heterocycles. The lowest BCUT2D eigenvalue weighted by molar-refractivity contribution is -0.117. The van der Waals surface area contributed by atoms with Gasteiger partial charge in [-0.25, -0.2) is 0 Å². The summed E-state index contributed by atoms with van der Waals surface area (Å²) in [5.74, 6) is 0.0467. The summed E-state index contributed by atoms with van der Waals surface area (Å²) < 4.78 is 5.52. The van der Waals surface area contributed by atoms with Crippen LogP contribution in [0.1, 0.15) is 11.1 Å². The number of aryl methyl sites for hydroxylation is 1. The van der Waals surface area contributed by atoms with Crippen molar-refractivity contribution in [3.8, 4) is 0 Å². The van der Waals surface area contributed by atoms with Crippen molar-refractivity contribution in [2.24, 2.45) is 0 Å². The molecular formula is C18H17NO2. The molecule has 0 N–H and O–H groups in total. The Labute approximate surface area is 123 Å². The zero-order valence-electron chi connectivity index (χ0n) is 12.2. The van der Waals surface area contributed by atoms with Gasteiger partial charge >= 0.3 is 0 Å². The number of furan rings is 1. The first-order valence-corrected chi connectivity index (χ1v) is 6.93. The largest absolute Gasteiger partial charge is 0.464 e. The van der Waals surface area contributed by atoms with E-state index in [9.17, 15) is 4.79 Å². The van der Waals surface area contributed by atoms with Crippen LogP contribution in [0.4, 0.5) is 5.69 Å². The van der Waals surface area contributed by atoms with Gasteiger partial charge in [-0.2, -0.15) is 0 Å². The van der Waals surface area contributed by atoms with E-state index in [0.29, 0.717) is 6.42 Å². The van der Waals surface area contributed by atoms with Crippen molar-refractivity contribution in [3.63, 3.8) is 0 Å². The van der Waals surface area contributed by atoms with Gasteiger partial charge in [0, 0.05) is 23.7 Å². The Morgan fingerprint density at radius 3 is 2.67 bits per heavy atom. The topological polar surface area (TPSA) is 33.5 Å². The summed E-state index contributed by atoms with van der Waals surface area (Å²) in [6.45, 7) is 2.04. The van der Waals surface area contributed by atoms with Crippen molar-refractivity contribution in [1.82, 2.24) is 0 Å². The van der Waals surface area contributed by atoms with Crippen LogP contribution in [0, 0.1) is 6.92 Å². The lowest BCUT2D eigenvalue weighted by Crippen LogP contribution is -2.27. The molecule has 1 aromatic heterocycles. The maximum absolute atomic E-state index is 12.4. The summed E-state index contributed by atoms with van der Waals surface area (Å²) in [6.07, 6.45) is 2.02. The summed E-state index contributed by atoms with van der Waals surface area (Å²) in [4.78, 5) is 14.1. The van der Waals surface area contributed by atoms with Crippen LogP contribution in [-0.2, 0) is 11.2 Å². The Morgan fingerprint density at radius 2 is 1.90 bits per heavy atom. The third-order valence-electron chi connectivity index (χ3n) is 3.67. The molecule has 0 saturated carbocycles. The first-order valence-electron chi connectivity index (χ1n) is 6.93. The van der Waals surface area contributed by atoms with Gasteiger partial charge in [0.15, 0.2) is 0 Å².